The van der Waals surface area contributed by atoms with Gasteiger partial charge in [-0.2, -0.15) is 0 Å². The van der Waals surface area contributed by atoms with Crippen molar-refractivity contribution in [3.63, 3.8) is 0 Å². The quantitative estimate of drug-likeness (QED) is 0.315. The number of aromatic amines is 1. The van der Waals surface area contributed by atoms with Gasteiger partial charge in [-0.15, -0.1) is 0 Å². The van der Waals surface area contributed by atoms with Crippen LogP contribution in [0.15, 0.2) is 67.5 Å². The molecule has 0 aliphatic carbocycles. The largest absolute Gasteiger partial charge is 0.394 e. The Kier molecular flexibility index (Phi) is 5.77. The summed E-state index contributed by atoms with van der Waals surface area (Å²) in [7, 11) is 0. The zero-order valence-corrected chi connectivity index (χ0v) is 18.7. The van der Waals surface area contributed by atoms with E-state index in [-0.39, 0.29) is 17.8 Å². The van der Waals surface area contributed by atoms with Gasteiger partial charge < -0.3 is 20.0 Å². The average molecular weight is 460 g/mol. The molecule has 0 amide bonds. The Bertz CT molecular complexity index is 1380. The summed E-state index contributed by atoms with van der Waals surface area (Å²) in [5, 5.41) is 13.6. The molecule has 0 spiro atoms. The molecule has 0 aliphatic rings. The summed E-state index contributed by atoms with van der Waals surface area (Å²) in [4.78, 5) is 20.9. The highest BCUT2D eigenvalue weighted by Gasteiger charge is 2.20. The lowest BCUT2D eigenvalue weighted by atomic mass is 10.1. The van der Waals surface area contributed by atoms with E-state index in [1.807, 2.05) is 54.1 Å². The van der Waals surface area contributed by atoms with Crippen LogP contribution in [-0.2, 0) is 6.42 Å². The van der Waals surface area contributed by atoms with Gasteiger partial charge in [-0.05, 0) is 36.6 Å². The molecule has 0 saturated carbocycles. The molecule has 8 nitrogen and oxygen atoms in total. The predicted molar refractivity (Wildman–Crippen MR) is 129 cm³/mol. The van der Waals surface area contributed by atoms with Gasteiger partial charge in [0.1, 0.15) is 23.1 Å². The summed E-state index contributed by atoms with van der Waals surface area (Å²) in [5.41, 5.74) is 5.36. The molecule has 33 heavy (non-hydrogen) atoms. The van der Waals surface area contributed by atoms with Crippen molar-refractivity contribution in [1.82, 2.24) is 29.5 Å². The second-order valence-electron chi connectivity index (χ2n) is 7.82. The van der Waals surface area contributed by atoms with E-state index in [2.05, 4.69) is 31.3 Å². The van der Waals surface area contributed by atoms with Crippen molar-refractivity contribution in [2.24, 2.45) is 0 Å². The summed E-state index contributed by atoms with van der Waals surface area (Å²) < 4.78 is 1.94. The van der Waals surface area contributed by atoms with Gasteiger partial charge >= 0.3 is 0 Å². The molecule has 0 fully saturated rings. The second-order valence-corrected chi connectivity index (χ2v) is 8.17. The first kappa shape index (κ1) is 21.1. The third-order valence-electron chi connectivity index (χ3n) is 5.49. The molecule has 9 heteroatoms. The van der Waals surface area contributed by atoms with Crippen molar-refractivity contribution >= 4 is 28.5 Å². The van der Waals surface area contributed by atoms with Crippen molar-refractivity contribution < 1.29 is 5.11 Å². The fourth-order valence-corrected chi connectivity index (χ4v) is 4.11. The lowest BCUT2D eigenvalue weighted by molar-refractivity contribution is 0.273. The Morgan fingerprint density at radius 2 is 2.03 bits per heavy atom. The SMILES string of the molecule is Cc1cc(-n2ccnc2)cc2[nH]c(-c3c(Cl)ncnc3N[C@H](CO)Cc3ccccc3)nc12. The molecule has 0 aliphatic heterocycles. The van der Waals surface area contributed by atoms with Crippen LogP contribution >= 0.6 is 11.6 Å². The number of halogens is 1. The molecule has 2 aromatic carbocycles. The number of hydrogen-bond acceptors (Lipinski definition) is 6. The maximum Gasteiger partial charge on any atom is 0.145 e. The van der Waals surface area contributed by atoms with Gasteiger partial charge in [0.15, 0.2) is 0 Å². The normalized spacial score (nSPS) is 12.2. The van der Waals surface area contributed by atoms with E-state index in [9.17, 15) is 5.11 Å². The van der Waals surface area contributed by atoms with Crippen molar-refractivity contribution in [2.75, 3.05) is 11.9 Å². The standard InChI is InChI=1S/C24H22ClN7O/c1-15-9-18(32-8-7-26-14-32)11-19-21(15)31-24(30-19)20-22(25)27-13-28-23(20)29-17(12-33)10-16-5-3-2-4-6-16/h2-9,11,13-14,17,33H,10,12H2,1H3,(H,30,31)(H,27,28,29)/t17-/m0/s1. The molecule has 3 aromatic heterocycles. The fourth-order valence-electron chi connectivity index (χ4n) is 3.89. The van der Waals surface area contributed by atoms with Crippen LogP contribution in [0.2, 0.25) is 5.15 Å². The van der Waals surface area contributed by atoms with Crippen LogP contribution in [0.1, 0.15) is 11.1 Å². The molecule has 3 heterocycles. The highest BCUT2D eigenvalue weighted by Crippen LogP contribution is 2.33. The van der Waals surface area contributed by atoms with E-state index in [0.717, 1.165) is 27.8 Å². The molecule has 0 bridgehead atoms. The highest BCUT2D eigenvalue weighted by molar-refractivity contribution is 6.32. The van der Waals surface area contributed by atoms with Crippen LogP contribution in [0.4, 0.5) is 5.82 Å². The number of fused-ring (bicyclic) bond motifs is 1. The predicted octanol–water partition coefficient (Wildman–Crippen LogP) is 4.18. The number of aromatic nitrogens is 6. The molecule has 5 aromatic rings. The number of aliphatic hydroxyl groups excluding tert-OH is 1. The maximum atomic E-state index is 9.98. The smallest absolute Gasteiger partial charge is 0.145 e. The van der Waals surface area contributed by atoms with E-state index in [4.69, 9.17) is 16.6 Å². The Balaban J connectivity index is 1.52. The maximum absolute atomic E-state index is 9.98. The average Bonchev–Trinajstić information content (AvgIpc) is 3.50. The first-order valence-corrected chi connectivity index (χ1v) is 10.9. The highest BCUT2D eigenvalue weighted by atomic mass is 35.5. The number of anilines is 1. The minimum absolute atomic E-state index is 0.0660. The zero-order valence-electron chi connectivity index (χ0n) is 17.9. The topological polar surface area (TPSA) is 105 Å². The lowest BCUT2D eigenvalue weighted by Crippen LogP contribution is -2.27. The number of rotatable bonds is 7. The molecule has 166 valence electrons. The summed E-state index contributed by atoms with van der Waals surface area (Å²) >= 11 is 6.50. The Labute approximate surface area is 195 Å². The van der Waals surface area contributed by atoms with Crippen molar-refractivity contribution in [3.8, 4) is 17.1 Å². The molecule has 3 N–H and O–H groups in total. The molecule has 0 unspecified atom stereocenters. The molecule has 5 rings (SSSR count). The van der Waals surface area contributed by atoms with E-state index in [1.165, 1.54) is 6.33 Å². The van der Waals surface area contributed by atoms with Gasteiger partial charge in [-0.1, -0.05) is 41.9 Å². The van der Waals surface area contributed by atoms with Crippen LogP contribution in [0, 0.1) is 6.92 Å². The van der Waals surface area contributed by atoms with Gasteiger partial charge in [-0.3, -0.25) is 0 Å². The number of H-pyrrole nitrogens is 1. The van der Waals surface area contributed by atoms with Gasteiger partial charge in [0.05, 0.1) is 35.6 Å². The van der Waals surface area contributed by atoms with E-state index in [1.54, 1.807) is 12.5 Å². The van der Waals surface area contributed by atoms with Crippen LogP contribution in [0.5, 0.6) is 0 Å². The Hall–Kier alpha value is -3.75. The summed E-state index contributed by atoms with van der Waals surface area (Å²) in [5.74, 6) is 1.07. The van der Waals surface area contributed by atoms with Crippen LogP contribution in [0.3, 0.4) is 0 Å². The van der Waals surface area contributed by atoms with Gasteiger partial charge in [0.2, 0.25) is 0 Å². The molecule has 0 radical (unpaired) electrons. The second kappa shape index (κ2) is 9.01. The zero-order chi connectivity index (χ0) is 22.8. The van der Waals surface area contributed by atoms with E-state index >= 15 is 0 Å². The summed E-state index contributed by atoms with van der Waals surface area (Å²) in [6, 6.07) is 13.8. The number of benzene rings is 2. The monoisotopic (exact) mass is 459 g/mol. The van der Waals surface area contributed by atoms with Crippen molar-refractivity contribution in [3.05, 3.63) is 83.8 Å². The first-order chi connectivity index (χ1) is 16.1. The number of aliphatic hydroxyl groups is 1. The minimum atomic E-state index is -0.254. The first-order valence-electron chi connectivity index (χ1n) is 10.5. The lowest BCUT2D eigenvalue weighted by Gasteiger charge is -2.19. The van der Waals surface area contributed by atoms with Gasteiger partial charge in [0, 0.05) is 18.1 Å². The Morgan fingerprint density at radius 3 is 2.79 bits per heavy atom. The van der Waals surface area contributed by atoms with Crippen LogP contribution in [-0.4, -0.2) is 47.2 Å². The third-order valence-corrected chi connectivity index (χ3v) is 5.78. The number of nitrogens with zero attached hydrogens (tertiary/aromatic N) is 5. The fraction of sp³-hybridized carbons (Fsp3) is 0.167. The van der Waals surface area contributed by atoms with E-state index in [0.29, 0.717) is 23.6 Å². The molecular weight excluding hydrogens is 438 g/mol. The van der Waals surface area contributed by atoms with Gasteiger partial charge in [-0.25, -0.2) is 19.9 Å². The van der Waals surface area contributed by atoms with Crippen LogP contribution < -0.4 is 5.32 Å². The summed E-state index contributed by atoms with van der Waals surface area (Å²) in [6.45, 7) is 1.95. The number of hydrogen-bond donors (Lipinski definition) is 3. The Morgan fingerprint density at radius 1 is 1.18 bits per heavy atom. The van der Waals surface area contributed by atoms with Crippen LogP contribution in [0.25, 0.3) is 28.1 Å². The minimum Gasteiger partial charge on any atom is -0.394 e. The number of aryl methyl sites for hydroxylation is 1. The van der Waals surface area contributed by atoms with Gasteiger partial charge in [0.25, 0.3) is 0 Å². The number of nitrogens with one attached hydrogen (secondary N) is 2. The molecule has 1 atom stereocenters. The molecular formula is C24H22ClN7O. The van der Waals surface area contributed by atoms with Crippen molar-refractivity contribution in [2.45, 2.75) is 19.4 Å². The molecule has 0 saturated heterocycles. The van der Waals surface area contributed by atoms with E-state index < -0.39 is 0 Å². The summed E-state index contributed by atoms with van der Waals surface area (Å²) in [6.07, 6.45) is 7.42. The third kappa shape index (κ3) is 4.30. The number of imidazole rings is 2. The van der Waals surface area contributed by atoms with Crippen molar-refractivity contribution in [1.29, 1.82) is 0 Å².